The van der Waals surface area contributed by atoms with Crippen molar-refractivity contribution in [3.05, 3.63) is 83.9 Å². The molecule has 0 atom stereocenters. The molecule has 0 spiro atoms. The van der Waals surface area contributed by atoms with Gasteiger partial charge in [-0.1, -0.05) is 47.7 Å². The number of aryl methyl sites for hydroxylation is 2. The molecule has 1 aromatic heterocycles. The van der Waals surface area contributed by atoms with Crippen LogP contribution in [0.15, 0.2) is 78.0 Å². The maximum absolute atomic E-state index is 12.6. The molecule has 1 amide bonds. The second kappa shape index (κ2) is 10.4. The molecule has 1 N–H and O–H groups in total. The standard InChI is InChI=1S/C26H26N4O2S/c1-4-32-23-13-11-22(12-14-23)30-25(20-9-5-7-18(2)15-20)28-29-26(30)33-17-24(31)27-21-10-6-8-19(3)16-21/h5-16H,4,17H2,1-3H3,(H,27,31). The van der Waals surface area contributed by atoms with E-state index in [4.69, 9.17) is 4.74 Å². The summed E-state index contributed by atoms with van der Waals surface area (Å²) >= 11 is 1.35. The maximum Gasteiger partial charge on any atom is 0.234 e. The Hall–Kier alpha value is -3.58. The highest BCUT2D eigenvalue weighted by molar-refractivity contribution is 7.99. The van der Waals surface area contributed by atoms with E-state index in [0.29, 0.717) is 11.8 Å². The summed E-state index contributed by atoms with van der Waals surface area (Å²) in [5, 5.41) is 12.5. The first-order valence-corrected chi connectivity index (χ1v) is 11.8. The van der Waals surface area contributed by atoms with Crippen molar-refractivity contribution in [2.75, 3.05) is 17.7 Å². The van der Waals surface area contributed by atoms with Gasteiger partial charge in [-0.05, 0) is 68.8 Å². The van der Waals surface area contributed by atoms with E-state index < -0.39 is 0 Å². The molecule has 0 unspecified atom stereocenters. The fraction of sp³-hybridized carbons (Fsp3) is 0.192. The minimum Gasteiger partial charge on any atom is -0.494 e. The van der Waals surface area contributed by atoms with Gasteiger partial charge >= 0.3 is 0 Å². The summed E-state index contributed by atoms with van der Waals surface area (Å²) in [6.07, 6.45) is 0. The highest BCUT2D eigenvalue weighted by Gasteiger charge is 2.18. The number of anilines is 1. The van der Waals surface area contributed by atoms with E-state index in [0.717, 1.165) is 39.6 Å². The van der Waals surface area contributed by atoms with E-state index in [-0.39, 0.29) is 11.7 Å². The molecular formula is C26H26N4O2S. The van der Waals surface area contributed by atoms with Crippen molar-refractivity contribution >= 4 is 23.4 Å². The lowest BCUT2D eigenvalue weighted by atomic mass is 10.1. The van der Waals surface area contributed by atoms with E-state index >= 15 is 0 Å². The van der Waals surface area contributed by atoms with Gasteiger partial charge in [0.05, 0.1) is 12.4 Å². The highest BCUT2D eigenvalue weighted by Crippen LogP contribution is 2.29. The molecule has 4 rings (SSSR count). The first-order valence-electron chi connectivity index (χ1n) is 10.8. The molecule has 7 heteroatoms. The van der Waals surface area contributed by atoms with E-state index in [1.165, 1.54) is 11.8 Å². The van der Waals surface area contributed by atoms with Crippen LogP contribution in [-0.2, 0) is 4.79 Å². The van der Waals surface area contributed by atoms with Crippen molar-refractivity contribution in [3.8, 4) is 22.8 Å². The zero-order valence-corrected chi connectivity index (χ0v) is 19.7. The molecule has 0 bridgehead atoms. The van der Waals surface area contributed by atoms with Crippen LogP contribution >= 0.6 is 11.8 Å². The van der Waals surface area contributed by atoms with Gasteiger partial charge in [0.1, 0.15) is 5.75 Å². The zero-order chi connectivity index (χ0) is 23.2. The van der Waals surface area contributed by atoms with Gasteiger partial charge in [0.2, 0.25) is 5.91 Å². The first-order chi connectivity index (χ1) is 16.0. The summed E-state index contributed by atoms with van der Waals surface area (Å²) < 4.78 is 7.57. The third-order valence-corrected chi connectivity index (χ3v) is 5.88. The van der Waals surface area contributed by atoms with Crippen LogP contribution in [0.25, 0.3) is 17.1 Å². The lowest BCUT2D eigenvalue weighted by molar-refractivity contribution is -0.113. The van der Waals surface area contributed by atoms with Gasteiger partial charge in [-0.3, -0.25) is 9.36 Å². The average Bonchev–Trinajstić information content (AvgIpc) is 3.22. The van der Waals surface area contributed by atoms with E-state index in [1.807, 2.05) is 92.1 Å². The molecule has 33 heavy (non-hydrogen) atoms. The molecule has 0 aliphatic carbocycles. The number of benzene rings is 3. The van der Waals surface area contributed by atoms with Crippen LogP contribution in [0.1, 0.15) is 18.1 Å². The van der Waals surface area contributed by atoms with E-state index in [2.05, 4.69) is 21.6 Å². The first kappa shape index (κ1) is 22.6. The molecule has 3 aromatic carbocycles. The Bertz CT molecular complexity index is 1250. The Morgan fingerprint density at radius 2 is 1.70 bits per heavy atom. The van der Waals surface area contributed by atoms with Crippen molar-refractivity contribution in [3.63, 3.8) is 0 Å². The number of thioether (sulfide) groups is 1. The van der Waals surface area contributed by atoms with Crippen LogP contribution in [0.5, 0.6) is 5.75 Å². The van der Waals surface area contributed by atoms with Gasteiger partial charge in [-0.2, -0.15) is 0 Å². The van der Waals surface area contributed by atoms with Crippen LogP contribution in [0.4, 0.5) is 5.69 Å². The molecule has 4 aromatic rings. The minimum absolute atomic E-state index is 0.0936. The highest BCUT2D eigenvalue weighted by atomic mass is 32.2. The Balaban J connectivity index is 1.61. The van der Waals surface area contributed by atoms with Crippen LogP contribution in [0.3, 0.4) is 0 Å². The molecule has 0 fully saturated rings. The average molecular weight is 459 g/mol. The molecule has 6 nitrogen and oxygen atoms in total. The lowest BCUT2D eigenvalue weighted by Crippen LogP contribution is -2.14. The number of hydrogen-bond donors (Lipinski definition) is 1. The number of amides is 1. The molecule has 0 saturated carbocycles. The van der Waals surface area contributed by atoms with E-state index in [1.54, 1.807) is 0 Å². The summed E-state index contributed by atoms with van der Waals surface area (Å²) in [6, 6.07) is 23.7. The fourth-order valence-electron chi connectivity index (χ4n) is 3.48. The third kappa shape index (κ3) is 5.62. The number of hydrogen-bond acceptors (Lipinski definition) is 5. The summed E-state index contributed by atoms with van der Waals surface area (Å²) in [7, 11) is 0. The minimum atomic E-state index is -0.0936. The summed E-state index contributed by atoms with van der Waals surface area (Å²) in [4.78, 5) is 12.6. The summed E-state index contributed by atoms with van der Waals surface area (Å²) in [5.41, 5.74) is 4.89. The SMILES string of the molecule is CCOc1ccc(-n2c(SCC(=O)Nc3cccc(C)c3)nnc2-c2cccc(C)c2)cc1. The Kier molecular flexibility index (Phi) is 7.10. The molecule has 168 valence electrons. The molecular weight excluding hydrogens is 432 g/mol. The van der Waals surface area contributed by atoms with Crippen molar-refractivity contribution in [2.24, 2.45) is 0 Å². The summed E-state index contributed by atoms with van der Waals surface area (Å²) in [5.74, 6) is 1.66. The van der Waals surface area contributed by atoms with Crippen molar-refractivity contribution in [1.29, 1.82) is 0 Å². The second-order valence-corrected chi connectivity index (χ2v) is 8.59. The number of nitrogens with zero attached hydrogens (tertiary/aromatic N) is 3. The van der Waals surface area contributed by atoms with Gasteiger partial charge in [-0.15, -0.1) is 10.2 Å². The number of ether oxygens (including phenoxy) is 1. The second-order valence-electron chi connectivity index (χ2n) is 7.64. The Morgan fingerprint density at radius 1 is 0.970 bits per heavy atom. The Labute approximate surface area is 198 Å². The molecule has 0 aliphatic rings. The van der Waals surface area contributed by atoms with Crippen LogP contribution < -0.4 is 10.1 Å². The normalized spacial score (nSPS) is 10.8. The van der Waals surface area contributed by atoms with E-state index in [9.17, 15) is 4.79 Å². The fourth-order valence-corrected chi connectivity index (χ4v) is 4.23. The largest absolute Gasteiger partial charge is 0.494 e. The number of carbonyl (C=O) groups is 1. The van der Waals surface area contributed by atoms with Gasteiger partial charge in [0, 0.05) is 16.9 Å². The van der Waals surface area contributed by atoms with Crippen molar-refractivity contribution in [1.82, 2.24) is 14.8 Å². The topological polar surface area (TPSA) is 69.0 Å². The zero-order valence-electron chi connectivity index (χ0n) is 18.9. The van der Waals surface area contributed by atoms with Gasteiger partial charge in [-0.25, -0.2) is 0 Å². The number of nitrogens with one attached hydrogen (secondary N) is 1. The predicted octanol–water partition coefficient (Wildman–Crippen LogP) is 5.68. The van der Waals surface area contributed by atoms with Crippen LogP contribution in [0, 0.1) is 13.8 Å². The molecule has 1 heterocycles. The smallest absolute Gasteiger partial charge is 0.234 e. The van der Waals surface area contributed by atoms with Crippen LogP contribution in [-0.4, -0.2) is 33.0 Å². The predicted molar refractivity (Wildman–Crippen MR) is 133 cm³/mol. The third-order valence-electron chi connectivity index (χ3n) is 4.95. The Morgan fingerprint density at radius 3 is 2.39 bits per heavy atom. The monoisotopic (exact) mass is 458 g/mol. The molecule has 0 radical (unpaired) electrons. The van der Waals surface area contributed by atoms with Crippen LogP contribution in [0.2, 0.25) is 0 Å². The van der Waals surface area contributed by atoms with Gasteiger partial charge in [0.15, 0.2) is 11.0 Å². The van der Waals surface area contributed by atoms with Crippen molar-refractivity contribution in [2.45, 2.75) is 25.9 Å². The number of carbonyl (C=O) groups excluding carboxylic acids is 1. The number of aromatic nitrogens is 3. The van der Waals surface area contributed by atoms with Crippen molar-refractivity contribution < 1.29 is 9.53 Å². The molecule has 0 aliphatic heterocycles. The maximum atomic E-state index is 12.6. The lowest BCUT2D eigenvalue weighted by Gasteiger charge is -2.12. The summed E-state index contributed by atoms with van der Waals surface area (Å²) in [6.45, 7) is 6.61. The number of rotatable bonds is 8. The van der Waals surface area contributed by atoms with Gasteiger partial charge < -0.3 is 10.1 Å². The van der Waals surface area contributed by atoms with Gasteiger partial charge in [0.25, 0.3) is 0 Å². The molecule has 0 saturated heterocycles. The quantitative estimate of drug-likeness (QED) is 0.344.